The van der Waals surface area contributed by atoms with Gasteiger partial charge in [0.25, 0.3) is 0 Å². The quantitative estimate of drug-likeness (QED) is 0.852. The molecule has 0 radical (unpaired) electrons. The van der Waals surface area contributed by atoms with Gasteiger partial charge in [-0.2, -0.15) is 0 Å². The molecule has 2 heterocycles. The first kappa shape index (κ1) is 12.8. The van der Waals surface area contributed by atoms with E-state index in [4.69, 9.17) is 9.84 Å². The summed E-state index contributed by atoms with van der Waals surface area (Å²) in [6.07, 6.45) is 4.86. The maximum Gasteiger partial charge on any atom is 0.307 e. The molecule has 0 unspecified atom stereocenters. The molecule has 2 rings (SSSR count). The van der Waals surface area contributed by atoms with Crippen LogP contribution in [0.4, 0.5) is 0 Å². The minimum absolute atomic E-state index is 0.276. The molecule has 1 aromatic rings. The molecule has 1 fully saturated rings. The van der Waals surface area contributed by atoms with Gasteiger partial charge in [0.15, 0.2) is 0 Å². The average molecular weight is 251 g/mol. The van der Waals surface area contributed by atoms with Crippen LogP contribution in [0, 0.1) is 5.92 Å². The smallest absolute Gasteiger partial charge is 0.307 e. The molecule has 6 heteroatoms. The van der Waals surface area contributed by atoms with E-state index < -0.39 is 5.97 Å². The summed E-state index contributed by atoms with van der Waals surface area (Å²) < 4.78 is 5.14. The van der Waals surface area contributed by atoms with Crippen molar-refractivity contribution in [1.82, 2.24) is 14.9 Å². The van der Waals surface area contributed by atoms with Gasteiger partial charge >= 0.3 is 5.97 Å². The number of carboxylic acids is 1. The molecule has 0 aliphatic carbocycles. The van der Waals surface area contributed by atoms with Crippen LogP contribution in [0.2, 0.25) is 0 Å². The highest BCUT2D eigenvalue weighted by Crippen LogP contribution is 2.20. The van der Waals surface area contributed by atoms with E-state index in [0.29, 0.717) is 19.0 Å². The molecule has 0 saturated carbocycles. The van der Waals surface area contributed by atoms with Crippen molar-refractivity contribution in [2.75, 3.05) is 20.2 Å². The molecule has 1 N–H and O–H groups in total. The highest BCUT2D eigenvalue weighted by molar-refractivity contribution is 5.70. The Bertz CT molecular complexity index is 425. The number of likely N-dealkylation sites (tertiary alicyclic amines) is 1. The van der Waals surface area contributed by atoms with Gasteiger partial charge in [0.2, 0.25) is 5.88 Å². The van der Waals surface area contributed by atoms with Gasteiger partial charge in [-0.25, -0.2) is 4.98 Å². The highest BCUT2D eigenvalue weighted by atomic mass is 16.5. The van der Waals surface area contributed by atoms with Gasteiger partial charge in [-0.05, 0) is 19.4 Å². The van der Waals surface area contributed by atoms with Crippen molar-refractivity contribution in [3.05, 3.63) is 18.1 Å². The molecule has 98 valence electrons. The van der Waals surface area contributed by atoms with Crippen LogP contribution in [0.3, 0.4) is 0 Å². The van der Waals surface area contributed by atoms with E-state index in [1.807, 2.05) is 0 Å². The Morgan fingerprint density at radius 2 is 2.33 bits per heavy atom. The van der Waals surface area contributed by atoms with Crippen LogP contribution in [0.15, 0.2) is 12.4 Å². The Morgan fingerprint density at radius 3 is 3.06 bits per heavy atom. The lowest BCUT2D eigenvalue weighted by Gasteiger charge is -2.30. The van der Waals surface area contributed by atoms with Gasteiger partial charge < -0.3 is 9.84 Å². The van der Waals surface area contributed by atoms with Gasteiger partial charge in [-0.15, -0.1) is 0 Å². The zero-order valence-electron chi connectivity index (χ0n) is 10.4. The van der Waals surface area contributed by atoms with Crippen molar-refractivity contribution in [3.63, 3.8) is 0 Å². The second kappa shape index (κ2) is 5.77. The number of aromatic nitrogens is 2. The highest BCUT2D eigenvalue weighted by Gasteiger charge is 2.26. The predicted molar refractivity (Wildman–Crippen MR) is 64.2 cm³/mol. The SMILES string of the molecule is COc1nccnc1CN1CCC[C@H](C(=O)O)C1. The first-order chi connectivity index (χ1) is 8.70. The van der Waals surface area contributed by atoms with Crippen LogP contribution in [0.1, 0.15) is 18.5 Å². The van der Waals surface area contributed by atoms with Crippen molar-refractivity contribution in [3.8, 4) is 5.88 Å². The molecule has 0 aromatic carbocycles. The summed E-state index contributed by atoms with van der Waals surface area (Å²) in [5.74, 6) is -0.484. The number of hydrogen-bond donors (Lipinski definition) is 1. The van der Waals surface area contributed by atoms with Gasteiger partial charge in [-0.1, -0.05) is 0 Å². The fraction of sp³-hybridized carbons (Fsp3) is 0.583. The number of ether oxygens (including phenoxy) is 1. The Labute approximate surface area is 106 Å². The summed E-state index contributed by atoms with van der Waals surface area (Å²) in [6.45, 7) is 2.04. The number of piperidine rings is 1. The number of rotatable bonds is 4. The number of aliphatic carboxylic acids is 1. The maximum absolute atomic E-state index is 11.0. The van der Waals surface area contributed by atoms with E-state index >= 15 is 0 Å². The predicted octanol–water partition coefficient (Wildman–Crippen LogP) is 0.782. The molecule has 1 aromatic heterocycles. The minimum atomic E-state index is -0.717. The van der Waals surface area contributed by atoms with Crippen LogP contribution >= 0.6 is 0 Å². The lowest BCUT2D eigenvalue weighted by Crippen LogP contribution is -2.38. The molecular weight excluding hydrogens is 234 g/mol. The number of carboxylic acid groups (broad SMARTS) is 1. The second-order valence-corrected chi connectivity index (χ2v) is 4.42. The van der Waals surface area contributed by atoms with Crippen molar-refractivity contribution in [2.45, 2.75) is 19.4 Å². The maximum atomic E-state index is 11.0. The summed E-state index contributed by atoms with van der Waals surface area (Å²) in [4.78, 5) is 21.4. The molecular formula is C12H17N3O3. The van der Waals surface area contributed by atoms with Gasteiger partial charge in [-0.3, -0.25) is 14.7 Å². The molecule has 0 bridgehead atoms. The topological polar surface area (TPSA) is 75.6 Å². The monoisotopic (exact) mass is 251 g/mol. The van der Waals surface area contributed by atoms with Crippen molar-refractivity contribution in [1.29, 1.82) is 0 Å². The first-order valence-electron chi connectivity index (χ1n) is 5.99. The number of carbonyl (C=O) groups is 1. The molecule has 18 heavy (non-hydrogen) atoms. The summed E-state index contributed by atoms with van der Waals surface area (Å²) in [5, 5.41) is 9.04. The fourth-order valence-electron chi connectivity index (χ4n) is 2.25. The summed E-state index contributed by atoms with van der Waals surface area (Å²) in [6, 6.07) is 0. The van der Waals surface area contributed by atoms with Gasteiger partial charge in [0.05, 0.1) is 13.0 Å². The van der Waals surface area contributed by atoms with Crippen LogP contribution < -0.4 is 4.74 Å². The lowest BCUT2D eigenvalue weighted by molar-refractivity contribution is -0.143. The Hall–Kier alpha value is -1.69. The zero-order chi connectivity index (χ0) is 13.0. The van der Waals surface area contributed by atoms with Crippen LogP contribution in [-0.2, 0) is 11.3 Å². The van der Waals surface area contributed by atoms with Crippen LogP contribution in [-0.4, -0.2) is 46.1 Å². The third-order valence-corrected chi connectivity index (χ3v) is 3.16. The molecule has 0 amide bonds. The largest absolute Gasteiger partial charge is 0.481 e. The summed E-state index contributed by atoms with van der Waals surface area (Å²) in [7, 11) is 1.56. The van der Waals surface area contributed by atoms with Crippen LogP contribution in [0.25, 0.3) is 0 Å². The third-order valence-electron chi connectivity index (χ3n) is 3.16. The van der Waals surface area contributed by atoms with Gasteiger partial charge in [0.1, 0.15) is 5.69 Å². The van der Waals surface area contributed by atoms with Crippen molar-refractivity contribution < 1.29 is 14.6 Å². The van der Waals surface area contributed by atoms with E-state index in [0.717, 1.165) is 25.1 Å². The van der Waals surface area contributed by atoms with E-state index in [1.165, 1.54) is 0 Å². The van der Waals surface area contributed by atoms with Crippen molar-refractivity contribution >= 4 is 5.97 Å². The van der Waals surface area contributed by atoms with E-state index in [9.17, 15) is 4.79 Å². The Kier molecular flexibility index (Phi) is 4.09. The Balaban J connectivity index is 2.02. The fourth-order valence-corrected chi connectivity index (χ4v) is 2.25. The molecule has 0 spiro atoms. The summed E-state index contributed by atoms with van der Waals surface area (Å²) in [5.41, 5.74) is 0.756. The molecule has 1 aliphatic heterocycles. The van der Waals surface area contributed by atoms with E-state index in [2.05, 4.69) is 14.9 Å². The molecule has 1 saturated heterocycles. The van der Waals surface area contributed by atoms with Crippen LogP contribution in [0.5, 0.6) is 5.88 Å². The number of nitrogens with zero attached hydrogens (tertiary/aromatic N) is 3. The lowest BCUT2D eigenvalue weighted by atomic mass is 9.98. The zero-order valence-corrected chi connectivity index (χ0v) is 10.4. The van der Waals surface area contributed by atoms with E-state index in [1.54, 1.807) is 19.5 Å². The minimum Gasteiger partial charge on any atom is -0.481 e. The number of hydrogen-bond acceptors (Lipinski definition) is 5. The standard InChI is InChI=1S/C12H17N3O3/c1-18-11-10(13-4-5-14-11)8-15-6-2-3-9(7-15)12(16)17/h4-5,9H,2-3,6-8H2,1H3,(H,16,17)/t9-/m0/s1. The third kappa shape index (κ3) is 2.95. The normalized spacial score (nSPS) is 20.6. The number of methoxy groups -OCH3 is 1. The Morgan fingerprint density at radius 1 is 1.56 bits per heavy atom. The van der Waals surface area contributed by atoms with Crippen molar-refractivity contribution in [2.24, 2.45) is 5.92 Å². The first-order valence-corrected chi connectivity index (χ1v) is 5.99. The average Bonchev–Trinajstić information content (AvgIpc) is 2.39. The van der Waals surface area contributed by atoms with Gasteiger partial charge in [0, 0.05) is 25.5 Å². The molecule has 1 aliphatic rings. The molecule has 1 atom stereocenters. The second-order valence-electron chi connectivity index (χ2n) is 4.42. The summed E-state index contributed by atoms with van der Waals surface area (Å²) >= 11 is 0. The molecule has 6 nitrogen and oxygen atoms in total. The van der Waals surface area contributed by atoms with E-state index in [-0.39, 0.29) is 5.92 Å².